The molecular weight excluding hydrogens is 389 g/mol. The van der Waals surface area contributed by atoms with Crippen LogP contribution in [0.4, 0.5) is 5.69 Å². The van der Waals surface area contributed by atoms with Gasteiger partial charge in [0.2, 0.25) is 0 Å². The normalized spacial score (nSPS) is 14.2. The maximum atomic E-state index is 12.6. The number of carbonyl (C=O) groups is 2. The average Bonchev–Trinajstić information content (AvgIpc) is 2.53. The number of phenolic OH excluding ortho intramolecular Hbond substituents is 1. The Kier molecular flexibility index (Phi) is 5.72. The topological polar surface area (TPSA) is 113 Å². The van der Waals surface area contributed by atoms with Gasteiger partial charge >= 0.3 is 147 Å². The third kappa shape index (κ3) is 4.75. The second-order valence-corrected chi connectivity index (χ2v) is 9.02. The molecule has 0 fully saturated rings. The van der Waals surface area contributed by atoms with Crippen molar-refractivity contribution in [1.82, 2.24) is 0 Å². The van der Waals surface area contributed by atoms with Gasteiger partial charge in [-0.25, -0.2) is 0 Å². The molecule has 25 heavy (non-hydrogen) atoms. The molecule has 8 heteroatoms. The Morgan fingerprint density at radius 1 is 1.16 bits per heavy atom. The molecule has 0 spiro atoms. The molecule has 1 amide bonds. The van der Waals surface area contributed by atoms with Gasteiger partial charge in [-0.3, -0.25) is 0 Å². The Balaban J connectivity index is 2.28. The summed E-state index contributed by atoms with van der Waals surface area (Å²) >= 11 is -5.29. The number of aromatic hydroxyl groups is 1. The molecule has 2 atom stereocenters. The molecule has 3 N–H and O–H groups in total. The first-order valence-corrected chi connectivity index (χ1v) is 10.7. The molecule has 0 heterocycles. The van der Waals surface area contributed by atoms with Gasteiger partial charge in [-0.15, -0.1) is 0 Å². The molecule has 0 aliphatic heterocycles. The Morgan fingerprint density at radius 2 is 1.80 bits per heavy atom. The molecule has 0 aromatic heterocycles. The summed E-state index contributed by atoms with van der Waals surface area (Å²) in [6.45, 7) is 2.78. The SMILES string of the molecule is CC(=O)Nc1cc(O)ccc1[As](=O)(O)OC(=O)C(C)c1ccccc1. The van der Waals surface area contributed by atoms with Crippen molar-refractivity contribution in [3.63, 3.8) is 0 Å². The van der Waals surface area contributed by atoms with E-state index in [1.165, 1.54) is 13.0 Å². The molecule has 0 saturated carbocycles. The molecule has 2 aromatic rings. The molecule has 0 radical (unpaired) electrons. The molecule has 0 aliphatic rings. The van der Waals surface area contributed by atoms with E-state index >= 15 is 0 Å². The van der Waals surface area contributed by atoms with E-state index in [9.17, 15) is 22.5 Å². The fraction of sp³-hybridized carbons (Fsp3) is 0.176. The summed E-state index contributed by atoms with van der Waals surface area (Å²) in [6.07, 6.45) is 0. The van der Waals surface area contributed by atoms with Crippen LogP contribution in [0, 0.1) is 0 Å². The summed E-state index contributed by atoms with van der Waals surface area (Å²) in [6, 6.07) is 12.2. The summed E-state index contributed by atoms with van der Waals surface area (Å²) in [5.41, 5.74) is 0.577. The van der Waals surface area contributed by atoms with Gasteiger partial charge in [0, 0.05) is 0 Å². The number of amides is 1. The van der Waals surface area contributed by atoms with Gasteiger partial charge in [0.1, 0.15) is 0 Å². The number of rotatable bonds is 5. The summed E-state index contributed by atoms with van der Waals surface area (Å²) in [5.74, 6) is -2.28. The third-order valence-electron chi connectivity index (χ3n) is 3.46. The number of hydrogen-bond donors (Lipinski definition) is 3. The number of hydrogen-bond acceptors (Lipinski definition) is 5. The van der Waals surface area contributed by atoms with E-state index in [-0.39, 0.29) is 15.8 Å². The Bertz CT molecular complexity index is 836. The Morgan fingerprint density at radius 3 is 2.40 bits per heavy atom. The first-order chi connectivity index (χ1) is 11.7. The van der Waals surface area contributed by atoms with Crippen molar-refractivity contribution in [2.24, 2.45) is 0 Å². The predicted molar refractivity (Wildman–Crippen MR) is 91.7 cm³/mol. The molecule has 2 unspecified atom stereocenters. The summed E-state index contributed by atoms with van der Waals surface area (Å²) in [7, 11) is 0. The zero-order chi connectivity index (χ0) is 18.6. The van der Waals surface area contributed by atoms with E-state index in [0.29, 0.717) is 5.56 Å². The second kappa shape index (κ2) is 7.59. The number of carbonyl (C=O) groups excluding carboxylic acids is 2. The van der Waals surface area contributed by atoms with Crippen LogP contribution >= 0.6 is 0 Å². The van der Waals surface area contributed by atoms with E-state index in [0.717, 1.165) is 12.1 Å². The second-order valence-electron chi connectivity index (χ2n) is 5.45. The van der Waals surface area contributed by atoms with Crippen LogP contribution in [-0.4, -0.2) is 35.3 Å². The maximum absolute atomic E-state index is 12.6. The zero-order valence-electron chi connectivity index (χ0n) is 13.7. The molecule has 2 rings (SSSR count). The summed E-state index contributed by atoms with van der Waals surface area (Å²) < 4.78 is 27.6. The Hall–Kier alpha value is -2.50. The van der Waals surface area contributed by atoms with Crippen molar-refractivity contribution in [3.05, 3.63) is 54.1 Å². The van der Waals surface area contributed by atoms with Crippen molar-refractivity contribution in [2.45, 2.75) is 19.8 Å². The van der Waals surface area contributed by atoms with Crippen LogP contribution in [0.2, 0.25) is 0 Å². The molecule has 132 valence electrons. The van der Waals surface area contributed by atoms with Gasteiger partial charge in [0.25, 0.3) is 0 Å². The van der Waals surface area contributed by atoms with E-state index in [2.05, 4.69) is 5.32 Å². The molecule has 0 saturated heterocycles. The van der Waals surface area contributed by atoms with Gasteiger partial charge in [0.15, 0.2) is 0 Å². The minimum absolute atomic E-state index is 0.0716. The molecule has 7 nitrogen and oxygen atoms in total. The first kappa shape index (κ1) is 18.8. The van der Waals surface area contributed by atoms with Crippen LogP contribution in [0.15, 0.2) is 48.5 Å². The van der Waals surface area contributed by atoms with Gasteiger partial charge in [-0.05, 0) is 0 Å². The van der Waals surface area contributed by atoms with Gasteiger partial charge in [-0.2, -0.15) is 0 Å². The van der Waals surface area contributed by atoms with Crippen LogP contribution in [0.1, 0.15) is 25.3 Å². The molecule has 0 aliphatic carbocycles. The summed E-state index contributed by atoms with van der Waals surface area (Å²) in [5, 5.41) is 11.9. The van der Waals surface area contributed by atoms with Crippen LogP contribution in [-0.2, 0) is 17.1 Å². The van der Waals surface area contributed by atoms with Gasteiger partial charge < -0.3 is 0 Å². The van der Waals surface area contributed by atoms with E-state index in [1.54, 1.807) is 37.3 Å². The van der Waals surface area contributed by atoms with Crippen LogP contribution in [0.25, 0.3) is 0 Å². The average molecular weight is 407 g/mol. The summed E-state index contributed by atoms with van der Waals surface area (Å²) in [4.78, 5) is 23.5. The van der Waals surface area contributed by atoms with Crippen molar-refractivity contribution in [2.75, 3.05) is 5.32 Å². The Labute approximate surface area is 147 Å². The monoisotopic (exact) mass is 407 g/mol. The quantitative estimate of drug-likeness (QED) is 0.644. The number of anilines is 1. The van der Waals surface area contributed by atoms with E-state index in [4.69, 9.17) is 3.73 Å². The third-order valence-corrected chi connectivity index (χ3v) is 6.45. The fourth-order valence-corrected chi connectivity index (χ4v) is 4.68. The van der Waals surface area contributed by atoms with Gasteiger partial charge in [-0.1, -0.05) is 0 Å². The predicted octanol–water partition coefficient (Wildman–Crippen LogP) is 1.27. The molecular formula is C17H18AsNO6. The van der Waals surface area contributed by atoms with Crippen LogP contribution in [0.5, 0.6) is 5.75 Å². The van der Waals surface area contributed by atoms with Crippen LogP contribution in [0.3, 0.4) is 0 Å². The van der Waals surface area contributed by atoms with Crippen molar-refractivity contribution in [1.29, 1.82) is 0 Å². The zero-order valence-corrected chi connectivity index (χ0v) is 15.5. The standard InChI is InChI=1S/C17H18AsNO6/c1-11(13-6-4-3-5-7-13)17(22)25-18(23,24)15-9-8-14(21)10-16(15)19-12(2)20/h3-11,21H,1-2H3,(H,19,20)(H,23,24). The van der Waals surface area contributed by atoms with Crippen molar-refractivity contribution in [3.8, 4) is 5.75 Å². The minimum atomic E-state index is -5.29. The van der Waals surface area contributed by atoms with Crippen molar-refractivity contribution < 1.29 is 26.3 Å². The number of nitrogens with one attached hydrogen (secondary N) is 1. The van der Waals surface area contributed by atoms with E-state index < -0.39 is 32.0 Å². The van der Waals surface area contributed by atoms with Crippen molar-refractivity contribution >= 4 is 36.1 Å². The van der Waals surface area contributed by atoms with Gasteiger partial charge in [0.05, 0.1) is 0 Å². The molecule has 2 aromatic carbocycles. The fourth-order valence-electron chi connectivity index (χ4n) is 2.19. The molecule has 0 bridgehead atoms. The van der Waals surface area contributed by atoms with Crippen LogP contribution < -0.4 is 9.67 Å². The first-order valence-electron chi connectivity index (χ1n) is 7.43. The number of phenols is 1. The number of benzene rings is 2. The van der Waals surface area contributed by atoms with E-state index in [1.807, 2.05) is 0 Å².